The first-order valence-corrected chi connectivity index (χ1v) is 4.75. The first kappa shape index (κ1) is 11.7. The number of nitrogens with two attached hydrogens (primary N) is 1. The van der Waals surface area contributed by atoms with Crippen molar-refractivity contribution in [3.63, 3.8) is 0 Å². The van der Waals surface area contributed by atoms with Crippen molar-refractivity contribution < 1.29 is 14.6 Å². The molecule has 0 heterocycles. The lowest BCUT2D eigenvalue weighted by Crippen LogP contribution is -2.08. The highest BCUT2D eigenvalue weighted by atomic mass is 16.5. The van der Waals surface area contributed by atoms with Gasteiger partial charge in [-0.25, -0.2) is 4.79 Å². The molecule has 0 bridgehead atoms. The molecular formula is C11H15NO3. The van der Waals surface area contributed by atoms with Crippen molar-refractivity contribution in [2.45, 2.75) is 12.5 Å². The molecule has 0 amide bonds. The van der Waals surface area contributed by atoms with Crippen LogP contribution in [0.25, 0.3) is 0 Å². The van der Waals surface area contributed by atoms with Crippen molar-refractivity contribution in [2.75, 3.05) is 13.7 Å². The van der Waals surface area contributed by atoms with Crippen LogP contribution >= 0.6 is 0 Å². The summed E-state index contributed by atoms with van der Waals surface area (Å²) in [6, 6.07) is 6.73. The Labute approximate surface area is 88.7 Å². The Balaban J connectivity index is 2.87. The number of esters is 1. The molecule has 0 saturated carbocycles. The number of carbonyl (C=O) groups is 1. The molecule has 0 unspecified atom stereocenters. The van der Waals surface area contributed by atoms with E-state index in [0.29, 0.717) is 24.1 Å². The highest BCUT2D eigenvalue weighted by Gasteiger charge is 2.10. The topological polar surface area (TPSA) is 72.5 Å². The zero-order valence-corrected chi connectivity index (χ0v) is 8.64. The third kappa shape index (κ3) is 3.04. The van der Waals surface area contributed by atoms with Gasteiger partial charge in [0, 0.05) is 0 Å². The Morgan fingerprint density at radius 1 is 1.60 bits per heavy atom. The smallest absolute Gasteiger partial charge is 0.337 e. The number of benzene rings is 1. The minimum absolute atomic E-state index is 0.406. The first-order valence-electron chi connectivity index (χ1n) is 4.75. The molecule has 0 aliphatic heterocycles. The van der Waals surface area contributed by atoms with Gasteiger partial charge in [-0.15, -0.1) is 0 Å². The van der Waals surface area contributed by atoms with Crippen molar-refractivity contribution in [2.24, 2.45) is 5.73 Å². The van der Waals surface area contributed by atoms with Gasteiger partial charge in [-0.2, -0.15) is 0 Å². The summed E-state index contributed by atoms with van der Waals surface area (Å²) in [5.41, 5.74) is 6.46. The molecule has 0 aliphatic rings. The quantitative estimate of drug-likeness (QED) is 0.721. The molecule has 1 aromatic carbocycles. The van der Waals surface area contributed by atoms with E-state index in [2.05, 4.69) is 4.74 Å². The summed E-state index contributed by atoms with van der Waals surface area (Å²) in [7, 11) is 1.32. The minimum Gasteiger partial charge on any atom is -0.465 e. The maximum Gasteiger partial charge on any atom is 0.337 e. The zero-order valence-electron chi connectivity index (χ0n) is 8.64. The van der Waals surface area contributed by atoms with Crippen LogP contribution in [-0.2, 0) is 4.74 Å². The van der Waals surface area contributed by atoms with E-state index >= 15 is 0 Å². The molecule has 0 aromatic heterocycles. The van der Waals surface area contributed by atoms with Crippen LogP contribution in [0.2, 0.25) is 0 Å². The zero-order chi connectivity index (χ0) is 11.3. The molecule has 0 saturated heterocycles. The van der Waals surface area contributed by atoms with Crippen molar-refractivity contribution in [1.82, 2.24) is 0 Å². The molecule has 0 fully saturated rings. The van der Waals surface area contributed by atoms with Gasteiger partial charge in [0.05, 0.1) is 18.8 Å². The lowest BCUT2D eigenvalue weighted by Gasteiger charge is -2.10. The van der Waals surface area contributed by atoms with Crippen LogP contribution in [0.4, 0.5) is 0 Å². The van der Waals surface area contributed by atoms with E-state index in [9.17, 15) is 9.90 Å². The molecular weight excluding hydrogens is 194 g/mol. The average Bonchev–Trinajstić information content (AvgIpc) is 2.28. The van der Waals surface area contributed by atoms with Crippen LogP contribution in [0.3, 0.4) is 0 Å². The lowest BCUT2D eigenvalue weighted by molar-refractivity contribution is 0.0600. The van der Waals surface area contributed by atoms with Crippen LogP contribution in [-0.4, -0.2) is 24.7 Å². The fraction of sp³-hybridized carbons (Fsp3) is 0.364. The largest absolute Gasteiger partial charge is 0.465 e. The van der Waals surface area contributed by atoms with Gasteiger partial charge in [0.15, 0.2) is 0 Å². The van der Waals surface area contributed by atoms with Crippen molar-refractivity contribution in [3.8, 4) is 0 Å². The standard InChI is InChI=1S/C11H15NO3/c1-15-11(14)9-4-2-3-8(7-9)10(13)5-6-12/h2-4,7,10,13H,5-6,12H2,1H3/t10-/m0/s1. The van der Waals surface area contributed by atoms with E-state index in [1.165, 1.54) is 7.11 Å². The van der Waals surface area contributed by atoms with Crippen LogP contribution < -0.4 is 5.73 Å². The highest BCUT2D eigenvalue weighted by molar-refractivity contribution is 5.89. The van der Waals surface area contributed by atoms with Gasteiger partial charge >= 0.3 is 5.97 Å². The van der Waals surface area contributed by atoms with Crippen LogP contribution in [0.1, 0.15) is 28.4 Å². The van der Waals surface area contributed by atoms with Crippen LogP contribution in [0.15, 0.2) is 24.3 Å². The third-order valence-corrected chi connectivity index (χ3v) is 2.13. The molecule has 3 N–H and O–H groups in total. The third-order valence-electron chi connectivity index (χ3n) is 2.13. The summed E-state index contributed by atoms with van der Waals surface area (Å²) in [5, 5.41) is 9.67. The van der Waals surface area contributed by atoms with Gasteiger partial charge in [-0.05, 0) is 30.7 Å². The van der Waals surface area contributed by atoms with Gasteiger partial charge in [0.2, 0.25) is 0 Å². The van der Waals surface area contributed by atoms with Gasteiger partial charge < -0.3 is 15.6 Å². The molecule has 4 nitrogen and oxygen atoms in total. The number of rotatable bonds is 4. The normalized spacial score (nSPS) is 12.2. The van der Waals surface area contributed by atoms with Crippen LogP contribution in [0, 0.1) is 0 Å². The highest BCUT2D eigenvalue weighted by Crippen LogP contribution is 2.17. The molecule has 1 atom stereocenters. The molecule has 1 aromatic rings. The summed E-state index contributed by atoms with van der Waals surface area (Å²) in [5.74, 6) is -0.406. The van der Waals surface area contributed by atoms with Gasteiger partial charge in [0.25, 0.3) is 0 Å². The summed E-state index contributed by atoms with van der Waals surface area (Å²) in [6.45, 7) is 0.406. The molecule has 82 valence electrons. The fourth-order valence-electron chi connectivity index (χ4n) is 1.32. The van der Waals surface area contributed by atoms with Gasteiger partial charge in [-0.1, -0.05) is 12.1 Å². The Morgan fingerprint density at radius 3 is 2.93 bits per heavy atom. The fourth-order valence-corrected chi connectivity index (χ4v) is 1.32. The van der Waals surface area contributed by atoms with E-state index in [4.69, 9.17) is 5.73 Å². The van der Waals surface area contributed by atoms with E-state index in [0.717, 1.165) is 0 Å². The summed E-state index contributed by atoms with van der Waals surface area (Å²) in [4.78, 5) is 11.2. The number of ether oxygens (including phenoxy) is 1. The number of aliphatic hydroxyl groups is 1. The molecule has 0 radical (unpaired) electrons. The summed E-state index contributed by atoms with van der Waals surface area (Å²) < 4.78 is 4.59. The van der Waals surface area contributed by atoms with Gasteiger partial charge in [0.1, 0.15) is 0 Å². The number of methoxy groups -OCH3 is 1. The monoisotopic (exact) mass is 209 g/mol. The minimum atomic E-state index is -0.625. The number of hydrogen-bond acceptors (Lipinski definition) is 4. The number of carbonyl (C=O) groups excluding carboxylic acids is 1. The summed E-state index contributed by atoms with van der Waals surface area (Å²) >= 11 is 0. The van der Waals surface area contributed by atoms with E-state index in [1.807, 2.05) is 0 Å². The molecule has 0 spiro atoms. The van der Waals surface area contributed by atoms with Crippen molar-refractivity contribution in [3.05, 3.63) is 35.4 Å². The molecule has 0 aliphatic carbocycles. The summed E-state index contributed by atoms with van der Waals surface area (Å²) in [6.07, 6.45) is -0.149. The molecule has 1 rings (SSSR count). The lowest BCUT2D eigenvalue weighted by atomic mass is 10.0. The maximum atomic E-state index is 11.2. The maximum absolute atomic E-state index is 11.2. The number of aliphatic hydroxyl groups excluding tert-OH is 1. The Bertz CT molecular complexity index is 338. The van der Waals surface area contributed by atoms with Crippen LogP contribution in [0.5, 0.6) is 0 Å². The van der Waals surface area contributed by atoms with E-state index in [1.54, 1.807) is 24.3 Å². The predicted molar refractivity (Wildman–Crippen MR) is 56.4 cm³/mol. The average molecular weight is 209 g/mol. The molecule has 15 heavy (non-hydrogen) atoms. The van der Waals surface area contributed by atoms with Gasteiger partial charge in [-0.3, -0.25) is 0 Å². The predicted octanol–water partition coefficient (Wildman–Crippen LogP) is 0.855. The second-order valence-electron chi connectivity index (χ2n) is 3.21. The first-order chi connectivity index (χ1) is 7.19. The second-order valence-corrected chi connectivity index (χ2v) is 3.21. The van der Waals surface area contributed by atoms with Crippen molar-refractivity contribution >= 4 is 5.97 Å². The Hall–Kier alpha value is -1.39. The Kier molecular flexibility index (Phi) is 4.27. The SMILES string of the molecule is COC(=O)c1cccc([C@@H](O)CCN)c1. The second kappa shape index (κ2) is 5.48. The Morgan fingerprint density at radius 2 is 2.33 bits per heavy atom. The number of hydrogen-bond donors (Lipinski definition) is 2. The van der Waals surface area contributed by atoms with E-state index < -0.39 is 12.1 Å². The van der Waals surface area contributed by atoms with Crippen molar-refractivity contribution in [1.29, 1.82) is 0 Å². The molecule has 4 heteroatoms. The van der Waals surface area contributed by atoms with E-state index in [-0.39, 0.29) is 0 Å².